The van der Waals surface area contributed by atoms with Gasteiger partial charge >= 0.3 is 0 Å². The second-order valence-corrected chi connectivity index (χ2v) is 8.27. The van der Waals surface area contributed by atoms with Gasteiger partial charge in [0.05, 0.1) is 43.5 Å². The Labute approximate surface area is 236 Å². The molecule has 0 radical (unpaired) electrons. The van der Waals surface area contributed by atoms with Gasteiger partial charge in [0.1, 0.15) is 34.8 Å². The van der Waals surface area contributed by atoms with Crippen LogP contribution in [-0.2, 0) is 4.74 Å². The fraction of sp³-hybridized carbons (Fsp3) is 0.172. The number of nitriles is 1. The number of methoxy groups -OCH3 is 2. The number of nitrogens with one attached hydrogen (secondary N) is 1. The first-order chi connectivity index (χ1) is 20.0. The van der Waals surface area contributed by atoms with E-state index < -0.39 is 5.91 Å². The molecule has 1 aromatic carbocycles. The first-order valence-corrected chi connectivity index (χ1v) is 12.4. The zero-order valence-corrected chi connectivity index (χ0v) is 22.9. The third-order valence-electron chi connectivity index (χ3n) is 5.44. The average molecular weight is 554 g/mol. The van der Waals surface area contributed by atoms with Crippen LogP contribution in [0.5, 0.6) is 23.0 Å². The van der Waals surface area contributed by atoms with Gasteiger partial charge in [-0.2, -0.15) is 10.4 Å². The number of benzene rings is 1. The van der Waals surface area contributed by atoms with Crippen LogP contribution in [0, 0.1) is 11.3 Å². The monoisotopic (exact) mass is 553 g/mol. The fourth-order valence-corrected chi connectivity index (χ4v) is 3.63. The van der Waals surface area contributed by atoms with Crippen LogP contribution >= 0.6 is 0 Å². The van der Waals surface area contributed by atoms with Crippen molar-refractivity contribution in [2.24, 2.45) is 0 Å². The van der Waals surface area contributed by atoms with E-state index in [-0.39, 0.29) is 11.4 Å². The normalized spacial score (nSPS) is 10.2. The molecule has 0 spiro atoms. The standard InChI is InChI=1S/C27H21N7O4.C2H6O/c1-3-37-24-16-34(18-5-4-17(13-28)30-14-18)33-26(24)27(35)32-25-9-7-20(15-31-25)38-23-10-11-29-22-8-6-19(36-2)12-21(22)23;1-3-2/h4-12,14-16H,3H2,1-2H3,(H,31,32,35);1-2H3. The molecule has 0 atom stereocenters. The second-order valence-electron chi connectivity index (χ2n) is 8.27. The number of carbonyl (C=O) groups excluding carboxylic acids is 1. The zero-order valence-electron chi connectivity index (χ0n) is 22.9. The molecule has 41 heavy (non-hydrogen) atoms. The summed E-state index contributed by atoms with van der Waals surface area (Å²) < 4.78 is 22.7. The van der Waals surface area contributed by atoms with Gasteiger partial charge in [-0.3, -0.25) is 9.78 Å². The quantitative estimate of drug-likeness (QED) is 0.284. The van der Waals surface area contributed by atoms with Gasteiger partial charge in [0.25, 0.3) is 5.91 Å². The van der Waals surface area contributed by atoms with Crippen molar-refractivity contribution in [1.82, 2.24) is 24.7 Å². The third-order valence-corrected chi connectivity index (χ3v) is 5.44. The lowest BCUT2D eigenvalue weighted by molar-refractivity contribution is 0.101. The Hall–Kier alpha value is -5.54. The van der Waals surface area contributed by atoms with Crippen molar-refractivity contribution in [3.63, 3.8) is 0 Å². The molecule has 4 heterocycles. The molecule has 12 heteroatoms. The fourth-order valence-electron chi connectivity index (χ4n) is 3.63. The van der Waals surface area contributed by atoms with Crippen LogP contribution in [0.15, 0.2) is 73.3 Å². The number of aromatic nitrogens is 5. The van der Waals surface area contributed by atoms with Crippen LogP contribution in [0.1, 0.15) is 23.1 Å². The predicted molar refractivity (Wildman–Crippen MR) is 151 cm³/mol. The molecular formula is C29H27N7O5. The Morgan fingerprint density at radius 3 is 2.44 bits per heavy atom. The molecule has 1 N–H and O–H groups in total. The van der Waals surface area contributed by atoms with Gasteiger partial charge in [0, 0.05) is 25.8 Å². The predicted octanol–water partition coefficient (Wildman–Crippen LogP) is 4.80. The highest BCUT2D eigenvalue weighted by molar-refractivity contribution is 6.04. The number of hydrogen-bond acceptors (Lipinski definition) is 10. The maximum absolute atomic E-state index is 13.0. The van der Waals surface area contributed by atoms with Crippen LogP contribution < -0.4 is 19.5 Å². The SMILES string of the molecule is CCOc1cn(-c2ccc(C#N)nc2)nc1C(=O)Nc1ccc(Oc2ccnc3ccc(OC)cc23)cn1.COC. The zero-order chi connectivity index (χ0) is 29.2. The molecular weight excluding hydrogens is 526 g/mol. The van der Waals surface area contributed by atoms with Crippen molar-refractivity contribution in [1.29, 1.82) is 5.26 Å². The van der Waals surface area contributed by atoms with Crippen molar-refractivity contribution < 1.29 is 23.7 Å². The Morgan fingerprint density at radius 1 is 0.976 bits per heavy atom. The van der Waals surface area contributed by atoms with Gasteiger partial charge < -0.3 is 24.3 Å². The molecule has 5 rings (SSSR count). The number of carbonyl (C=O) groups is 1. The summed E-state index contributed by atoms with van der Waals surface area (Å²) in [5.74, 6) is 1.87. The van der Waals surface area contributed by atoms with E-state index in [1.54, 1.807) is 64.1 Å². The first kappa shape index (κ1) is 28.5. The topological polar surface area (TPSA) is 146 Å². The number of rotatable bonds is 8. The minimum atomic E-state index is -0.498. The molecule has 0 aliphatic carbocycles. The van der Waals surface area contributed by atoms with Crippen LogP contribution in [-0.4, -0.2) is 58.6 Å². The van der Waals surface area contributed by atoms with E-state index in [9.17, 15) is 4.79 Å². The minimum Gasteiger partial charge on any atom is -0.497 e. The number of amides is 1. The van der Waals surface area contributed by atoms with Crippen molar-refractivity contribution in [2.45, 2.75) is 6.92 Å². The smallest absolute Gasteiger partial charge is 0.281 e. The van der Waals surface area contributed by atoms with Crippen LogP contribution in [0.25, 0.3) is 16.6 Å². The van der Waals surface area contributed by atoms with Gasteiger partial charge in [-0.05, 0) is 55.5 Å². The van der Waals surface area contributed by atoms with Gasteiger partial charge in [0.15, 0.2) is 11.4 Å². The summed E-state index contributed by atoms with van der Waals surface area (Å²) in [6.07, 6.45) is 6.24. The van der Waals surface area contributed by atoms with Crippen LogP contribution in [0.2, 0.25) is 0 Å². The summed E-state index contributed by atoms with van der Waals surface area (Å²) in [7, 11) is 4.85. The summed E-state index contributed by atoms with van der Waals surface area (Å²) in [6.45, 7) is 2.15. The van der Waals surface area contributed by atoms with Crippen molar-refractivity contribution in [3.8, 4) is 34.8 Å². The third kappa shape index (κ3) is 6.92. The number of anilines is 1. The number of ether oxygens (including phenoxy) is 4. The molecule has 4 aromatic heterocycles. The maximum atomic E-state index is 13.0. The number of pyridine rings is 3. The molecule has 0 saturated carbocycles. The summed E-state index contributed by atoms with van der Waals surface area (Å²) >= 11 is 0. The van der Waals surface area contributed by atoms with Crippen molar-refractivity contribution in [3.05, 3.63) is 84.7 Å². The molecule has 0 aliphatic heterocycles. The molecule has 0 unspecified atom stereocenters. The molecule has 1 amide bonds. The van der Waals surface area contributed by atoms with Crippen molar-refractivity contribution in [2.75, 3.05) is 33.3 Å². The molecule has 0 saturated heterocycles. The highest BCUT2D eigenvalue weighted by Crippen LogP contribution is 2.31. The van der Waals surface area contributed by atoms with E-state index in [0.717, 1.165) is 10.9 Å². The van der Waals surface area contributed by atoms with Gasteiger partial charge in [0.2, 0.25) is 0 Å². The summed E-state index contributed by atoms with van der Waals surface area (Å²) in [5.41, 5.74) is 1.70. The van der Waals surface area contributed by atoms with Gasteiger partial charge in [-0.25, -0.2) is 14.6 Å². The summed E-state index contributed by atoms with van der Waals surface area (Å²) in [5, 5.41) is 16.8. The largest absolute Gasteiger partial charge is 0.497 e. The van der Waals surface area contributed by atoms with E-state index in [4.69, 9.17) is 19.5 Å². The van der Waals surface area contributed by atoms with E-state index >= 15 is 0 Å². The van der Waals surface area contributed by atoms with E-state index in [0.29, 0.717) is 41.1 Å². The summed E-state index contributed by atoms with van der Waals surface area (Å²) in [6, 6.07) is 15.8. The Morgan fingerprint density at radius 2 is 1.78 bits per heavy atom. The number of fused-ring (bicyclic) bond motifs is 1. The van der Waals surface area contributed by atoms with Gasteiger partial charge in [-0.1, -0.05) is 0 Å². The lowest BCUT2D eigenvalue weighted by atomic mass is 10.2. The number of nitrogens with zero attached hydrogens (tertiary/aromatic N) is 6. The lowest BCUT2D eigenvalue weighted by Crippen LogP contribution is -2.15. The van der Waals surface area contributed by atoms with E-state index in [2.05, 4.69) is 30.1 Å². The van der Waals surface area contributed by atoms with Crippen LogP contribution in [0.4, 0.5) is 5.82 Å². The first-order valence-electron chi connectivity index (χ1n) is 12.4. The summed E-state index contributed by atoms with van der Waals surface area (Å²) in [4.78, 5) is 25.7. The Bertz CT molecular complexity index is 1660. The number of hydrogen-bond donors (Lipinski definition) is 1. The van der Waals surface area contributed by atoms with Crippen molar-refractivity contribution >= 4 is 22.6 Å². The molecule has 0 aliphatic rings. The Kier molecular flexibility index (Phi) is 9.37. The molecule has 0 fully saturated rings. The minimum absolute atomic E-state index is 0.0792. The van der Waals surface area contributed by atoms with E-state index in [1.165, 1.54) is 17.1 Å². The molecule has 5 aromatic rings. The average Bonchev–Trinajstić information content (AvgIpc) is 3.43. The van der Waals surface area contributed by atoms with E-state index in [1.807, 2.05) is 31.2 Å². The molecule has 12 nitrogen and oxygen atoms in total. The van der Waals surface area contributed by atoms with Crippen LogP contribution in [0.3, 0.4) is 0 Å². The lowest BCUT2D eigenvalue weighted by Gasteiger charge is -2.10. The highest BCUT2D eigenvalue weighted by atomic mass is 16.5. The Balaban J connectivity index is 0.00000124. The van der Waals surface area contributed by atoms with Gasteiger partial charge in [-0.15, -0.1) is 0 Å². The molecule has 208 valence electrons. The second kappa shape index (κ2) is 13.5. The maximum Gasteiger partial charge on any atom is 0.281 e. The highest BCUT2D eigenvalue weighted by Gasteiger charge is 2.20. The molecule has 0 bridgehead atoms.